The number of methoxy groups -OCH3 is 1. The standard InChI is InChI=1S/C32H34N2O3/c1-3-4-6-15-30(36)34-28-14-10-9-13-26(28)33-27-20-24(22-11-7-5-8-12-22)21-29(35)31(27)32(34)23-16-18-25(37-2)19-17-23/h5,7-14,16-19,24,32-33H,3-4,6,15,20-21H2,1-2H3/t24-,32+/m0/s1. The molecule has 2 aliphatic rings. The molecule has 2 atom stereocenters. The van der Waals surface area contributed by atoms with E-state index in [1.807, 2.05) is 71.6 Å². The van der Waals surface area contributed by atoms with Gasteiger partial charge in [0.1, 0.15) is 5.75 Å². The third-order valence-electron chi connectivity index (χ3n) is 7.45. The number of hydrogen-bond donors (Lipinski definition) is 1. The third-order valence-corrected chi connectivity index (χ3v) is 7.45. The number of benzene rings is 3. The predicted molar refractivity (Wildman–Crippen MR) is 148 cm³/mol. The van der Waals surface area contributed by atoms with Gasteiger partial charge in [-0.05, 0) is 54.2 Å². The fourth-order valence-electron chi connectivity index (χ4n) is 5.57. The summed E-state index contributed by atoms with van der Waals surface area (Å²) in [5.74, 6) is 0.957. The fourth-order valence-corrected chi connectivity index (χ4v) is 5.57. The van der Waals surface area contributed by atoms with Crippen molar-refractivity contribution in [3.05, 3.63) is 101 Å². The molecule has 3 aromatic rings. The van der Waals surface area contributed by atoms with E-state index in [2.05, 4.69) is 24.4 Å². The summed E-state index contributed by atoms with van der Waals surface area (Å²) in [6.07, 6.45) is 4.45. The fraction of sp³-hybridized carbons (Fsp3) is 0.312. The average molecular weight is 495 g/mol. The minimum Gasteiger partial charge on any atom is -0.497 e. The molecular formula is C32H34N2O3. The van der Waals surface area contributed by atoms with Crippen LogP contribution in [0.4, 0.5) is 11.4 Å². The summed E-state index contributed by atoms with van der Waals surface area (Å²) in [6.45, 7) is 2.14. The highest BCUT2D eigenvalue weighted by Gasteiger charge is 2.41. The molecule has 5 heteroatoms. The van der Waals surface area contributed by atoms with Crippen LogP contribution < -0.4 is 15.0 Å². The molecule has 0 saturated carbocycles. The van der Waals surface area contributed by atoms with Crippen LogP contribution in [0.1, 0.15) is 68.5 Å². The van der Waals surface area contributed by atoms with Crippen molar-refractivity contribution in [3.8, 4) is 5.75 Å². The first-order valence-electron chi connectivity index (χ1n) is 13.2. The van der Waals surface area contributed by atoms with Gasteiger partial charge in [-0.1, -0.05) is 74.4 Å². The monoisotopic (exact) mass is 494 g/mol. The van der Waals surface area contributed by atoms with E-state index in [4.69, 9.17) is 4.74 Å². The molecule has 37 heavy (non-hydrogen) atoms. The first-order chi connectivity index (χ1) is 18.1. The van der Waals surface area contributed by atoms with Gasteiger partial charge in [0.2, 0.25) is 5.91 Å². The lowest BCUT2D eigenvalue weighted by molar-refractivity contribution is -0.119. The summed E-state index contributed by atoms with van der Waals surface area (Å²) in [7, 11) is 1.64. The Balaban J connectivity index is 1.66. The number of anilines is 2. The van der Waals surface area contributed by atoms with Crippen LogP contribution in [0.3, 0.4) is 0 Å². The van der Waals surface area contributed by atoms with Crippen LogP contribution in [-0.2, 0) is 9.59 Å². The summed E-state index contributed by atoms with van der Waals surface area (Å²) in [5.41, 5.74) is 5.33. The molecule has 1 aliphatic carbocycles. The largest absolute Gasteiger partial charge is 0.497 e. The molecule has 0 spiro atoms. The Morgan fingerprint density at radius 2 is 1.65 bits per heavy atom. The molecule has 190 valence electrons. The van der Waals surface area contributed by atoms with Crippen molar-refractivity contribution < 1.29 is 14.3 Å². The van der Waals surface area contributed by atoms with Crippen molar-refractivity contribution in [1.29, 1.82) is 0 Å². The Bertz CT molecular complexity index is 1300. The van der Waals surface area contributed by atoms with Crippen LogP contribution in [-0.4, -0.2) is 18.8 Å². The molecule has 1 amide bonds. The lowest BCUT2D eigenvalue weighted by Gasteiger charge is -2.35. The summed E-state index contributed by atoms with van der Waals surface area (Å²) >= 11 is 0. The zero-order valence-corrected chi connectivity index (χ0v) is 21.6. The number of hydrogen-bond acceptors (Lipinski definition) is 4. The predicted octanol–water partition coefficient (Wildman–Crippen LogP) is 7.18. The van der Waals surface area contributed by atoms with Crippen molar-refractivity contribution in [2.24, 2.45) is 0 Å². The average Bonchev–Trinajstić information content (AvgIpc) is 3.08. The number of rotatable bonds is 7. The zero-order chi connectivity index (χ0) is 25.8. The van der Waals surface area contributed by atoms with E-state index >= 15 is 0 Å². The number of para-hydroxylation sites is 2. The van der Waals surface area contributed by atoms with Crippen LogP contribution >= 0.6 is 0 Å². The highest BCUT2D eigenvalue weighted by atomic mass is 16.5. The molecule has 1 aliphatic heterocycles. The highest BCUT2D eigenvalue weighted by Crippen LogP contribution is 2.47. The number of carbonyl (C=O) groups excluding carboxylic acids is 2. The summed E-state index contributed by atoms with van der Waals surface area (Å²) in [4.78, 5) is 29.8. The maximum atomic E-state index is 14.0. The van der Waals surface area contributed by atoms with Gasteiger partial charge in [-0.25, -0.2) is 0 Å². The van der Waals surface area contributed by atoms with E-state index in [9.17, 15) is 9.59 Å². The van der Waals surface area contributed by atoms with Gasteiger partial charge in [0.05, 0.1) is 24.5 Å². The lowest BCUT2D eigenvalue weighted by Crippen LogP contribution is -2.38. The number of nitrogens with one attached hydrogen (secondary N) is 1. The molecule has 5 rings (SSSR count). The van der Waals surface area contributed by atoms with E-state index in [1.165, 1.54) is 0 Å². The van der Waals surface area contributed by atoms with E-state index < -0.39 is 6.04 Å². The van der Waals surface area contributed by atoms with Gasteiger partial charge < -0.3 is 10.1 Å². The quantitative estimate of drug-likeness (QED) is 0.354. The summed E-state index contributed by atoms with van der Waals surface area (Å²) in [6, 6.07) is 25.4. The third kappa shape index (κ3) is 5.04. The second-order valence-corrected chi connectivity index (χ2v) is 9.87. The molecule has 5 nitrogen and oxygen atoms in total. The van der Waals surface area contributed by atoms with Gasteiger partial charge in [0, 0.05) is 24.1 Å². The zero-order valence-electron chi connectivity index (χ0n) is 21.6. The van der Waals surface area contributed by atoms with Crippen LogP contribution in [0.2, 0.25) is 0 Å². The van der Waals surface area contributed by atoms with Gasteiger partial charge in [-0.15, -0.1) is 0 Å². The van der Waals surface area contributed by atoms with Crippen LogP contribution in [0, 0.1) is 0 Å². The first-order valence-corrected chi connectivity index (χ1v) is 13.2. The molecule has 0 unspecified atom stereocenters. The number of nitrogens with zero attached hydrogens (tertiary/aromatic N) is 1. The number of unbranched alkanes of at least 4 members (excludes halogenated alkanes) is 2. The molecule has 0 radical (unpaired) electrons. The van der Waals surface area contributed by atoms with Gasteiger partial charge in [-0.3, -0.25) is 14.5 Å². The topological polar surface area (TPSA) is 58.6 Å². The molecular weight excluding hydrogens is 460 g/mol. The minimum absolute atomic E-state index is 0.0373. The van der Waals surface area contributed by atoms with Crippen molar-refractivity contribution in [3.63, 3.8) is 0 Å². The van der Waals surface area contributed by atoms with Crippen LogP contribution in [0.5, 0.6) is 5.75 Å². The smallest absolute Gasteiger partial charge is 0.227 e. The maximum absolute atomic E-state index is 14.0. The van der Waals surface area contributed by atoms with E-state index in [-0.39, 0.29) is 17.6 Å². The SMILES string of the molecule is CCCCCC(=O)N1c2ccccc2NC2=C(C(=O)C[C@@H](c3ccccc3)C2)[C@H]1c1ccc(OC)cc1. The number of ketones is 1. The second kappa shape index (κ2) is 11.0. The second-order valence-electron chi connectivity index (χ2n) is 9.87. The molecule has 3 aromatic carbocycles. The van der Waals surface area contributed by atoms with Gasteiger partial charge in [-0.2, -0.15) is 0 Å². The van der Waals surface area contributed by atoms with Crippen molar-refractivity contribution >= 4 is 23.1 Å². The van der Waals surface area contributed by atoms with Gasteiger partial charge in [0.25, 0.3) is 0 Å². The number of amides is 1. The Labute approximate surface area is 219 Å². The number of carbonyl (C=O) groups is 2. The molecule has 0 fully saturated rings. The van der Waals surface area contributed by atoms with E-state index in [0.717, 1.165) is 53.2 Å². The number of ether oxygens (including phenoxy) is 1. The van der Waals surface area contributed by atoms with Crippen molar-refractivity contribution in [1.82, 2.24) is 0 Å². The molecule has 0 saturated heterocycles. The van der Waals surface area contributed by atoms with E-state index in [1.54, 1.807) is 7.11 Å². The lowest BCUT2D eigenvalue weighted by atomic mass is 9.78. The highest BCUT2D eigenvalue weighted by molar-refractivity contribution is 6.06. The molecule has 1 N–H and O–H groups in total. The Morgan fingerprint density at radius 3 is 2.38 bits per heavy atom. The van der Waals surface area contributed by atoms with Crippen molar-refractivity contribution in [2.45, 2.75) is 57.4 Å². The van der Waals surface area contributed by atoms with Crippen LogP contribution in [0.25, 0.3) is 0 Å². The normalized spacial score (nSPS) is 19.0. The molecule has 1 heterocycles. The Hall–Kier alpha value is -3.86. The summed E-state index contributed by atoms with van der Waals surface area (Å²) in [5, 5.41) is 3.61. The Morgan fingerprint density at radius 1 is 0.919 bits per heavy atom. The van der Waals surface area contributed by atoms with Gasteiger partial charge in [0.15, 0.2) is 5.78 Å². The molecule has 0 bridgehead atoms. The minimum atomic E-state index is -0.504. The van der Waals surface area contributed by atoms with Crippen molar-refractivity contribution in [2.75, 3.05) is 17.3 Å². The summed E-state index contributed by atoms with van der Waals surface area (Å²) < 4.78 is 5.40. The number of fused-ring (bicyclic) bond motifs is 1. The van der Waals surface area contributed by atoms with E-state index in [0.29, 0.717) is 24.8 Å². The number of allylic oxidation sites excluding steroid dienone is 1. The molecule has 0 aromatic heterocycles. The number of Topliss-reactive ketones (excluding diaryl/α,β-unsaturated/α-hetero) is 1. The Kier molecular flexibility index (Phi) is 7.40. The maximum Gasteiger partial charge on any atom is 0.227 e. The first kappa shape index (κ1) is 24.8. The van der Waals surface area contributed by atoms with Crippen LogP contribution in [0.15, 0.2) is 90.1 Å². The van der Waals surface area contributed by atoms with Gasteiger partial charge >= 0.3 is 0 Å².